The number of ether oxygens (including phenoxy) is 1. The summed E-state index contributed by atoms with van der Waals surface area (Å²) in [5, 5.41) is 2.94. The molecule has 5 rings (SSSR count). The summed E-state index contributed by atoms with van der Waals surface area (Å²) in [5.41, 5.74) is 0.183. The normalized spacial score (nSPS) is 34.9. The van der Waals surface area contributed by atoms with Crippen LogP contribution in [0.2, 0.25) is 0 Å². The third-order valence-electron chi connectivity index (χ3n) is 6.17. The summed E-state index contributed by atoms with van der Waals surface area (Å²) in [6.07, 6.45) is 4.06. The van der Waals surface area contributed by atoms with E-state index in [9.17, 15) is 9.59 Å². The Morgan fingerprint density at radius 1 is 1.20 bits per heavy atom. The number of hydrogen-bond acceptors (Lipinski definition) is 4. The zero-order valence-electron chi connectivity index (χ0n) is 14.6. The van der Waals surface area contributed by atoms with Gasteiger partial charge in [0.25, 0.3) is 0 Å². The SMILES string of the molecule is O=C1CCC[C@](C(=O)O[C@@H]2CN3CCC2CC3)(c2ccccc2)CN1. The minimum atomic E-state index is -0.764. The standard InChI is InChI=1S/C20H26N2O3/c23-18-7-4-10-20(14-21-18,16-5-2-1-3-6-16)19(24)25-17-13-22-11-8-15(17)9-12-22/h1-3,5-6,15,17H,4,7-14H2,(H,21,23)/t17-,20-/m1/s1. The van der Waals surface area contributed by atoms with Crippen LogP contribution in [0.5, 0.6) is 0 Å². The van der Waals surface area contributed by atoms with Gasteiger partial charge in [0.15, 0.2) is 0 Å². The average molecular weight is 342 g/mol. The molecule has 4 aliphatic rings. The van der Waals surface area contributed by atoms with E-state index < -0.39 is 5.41 Å². The first-order valence-electron chi connectivity index (χ1n) is 9.43. The molecule has 0 radical (unpaired) electrons. The fourth-order valence-corrected chi connectivity index (χ4v) is 4.57. The van der Waals surface area contributed by atoms with Crippen molar-refractivity contribution in [1.29, 1.82) is 0 Å². The molecule has 0 saturated carbocycles. The van der Waals surface area contributed by atoms with E-state index in [1.807, 2.05) is 30.3 Å². The minimum Gasteiger partial charge on any atom is -0.460 e. The van der Waals surface area contributed by atoms with Crippen LogP contribution in [0.25, 0.3) is 0 Å². The third kappa shape index (κ3) is 3.17. The predicted molar refractivity (Wildman–Crippen MR) is 94.0 cm³/mol. The Morgan fingerprint density at radius 3 is 2.64 bits per heavy atom. The first-order chi connectivity index (χ1) is 12.2. The summed E-state index contributed by atoms with van der Waals surface area (Å²) in [7, 11) is 0. The van der Waals surface area contributed by atoms with Gasteiger partial charge in [-0.15, -0.1) is 0 Å². The van der Waals surface area contributed by atoms with Crippen molar-refractivity contribution in [3.8, 4) is 0 Å². The quantitative estimate of drug-likeness (QED) is 0.852. The van der Waals surface area contributed by atoms with Gasteiger partial charge in [-0.2, -0.15) is 0 Å². The van der Waals surface area contributed by atoms with E-state index in [4.69, 9.17) is 4.74 Å². The molecule has 4 heterocycles. The lowest BCUT2D eigenvalue weighted by Crippen LogP contribution is -2.54. The van der Waals surface area contributed by atoms with Gasteiger partial charge < -0.3 is 10.1 Å². The van der Waals surface area contributed by atoms with Gasteiger partial charge in [-0.3, -0.25) is 14.5 Å². The van der Waals surface area contributed by atoms with E-state index in [1.54, 1.807) is 0 Å². The molecule has 0 unspecified atom stereocenters. The average Bonchev–Trinajstić information content (AvgIpc) is 2.86. The molecule has 5 nitrogen and oxygen atoms in total. The van der Waals surface area contributed by atoms with Gasteiger partial charge >= 0.3 is 5.97 Å². The number of esters is 1. The first-order valence-corrected chi connectivity index (χ1v) is 9.43. The molecule has 2 bridgehead atoms. The largest absolute Gasteiger partial charge is 0.460 e. The van der Waals surface area contributed by atoms with Crippen LogP contribution in [0.3, 0.4) is 0 Å². The second-order valence-corrected chi connectivity index (χ2v) is 7.66. The second kappa shape index (κ2) is 6.79. The highest BCUT2D eigenvalue weighted by atomic mass is 16.5. The maximum absolute atomic E-state index is 13.3. The van der Waals surface area contributed by atoms with E-state index in [-0.39, 0.29) is 18.0 Å². The van der Waals surface area contributed by atoms with Crippen LogP contribution >= 0.6 is 0 Å². The molecule has 4 aliphatic heterocycles. The van der Waals surface area contributed by atoms with Crippen LogP contribution in [-0.4, -0.2) is 49.1 Å². The molecule has 0 spiro atoms. The lowest BCUT2D eigenvalue weighted by Gasteiger charge is -2.45. The molecule has 134 valence electrons. The Morgan fingerprint density at radius 2 is 1.96 bits per heavy atom. The highest BCUT2D eigenvalue weighted by Crippen LogP contribution is 2.36. The Hall–Kier alpha value is -1.88. The number of benzene rings is 1. The van der Waals surface area contributed by atoms with Gasteiger partial charge in [0.05, 0.1) is 0 Å². The zero-order chi connectivity index (χ0) is 17.3. The van der Waals surface area contributed by atoms with Crippen molar-refractivity contribution in [2.24, 2.45) is 5.92 Å². The summed E-state index contributed by atoms with van der Waals surface area (Å²) < 4.78 is 6.08. The number of nitrogens with zero attached hydrogens (tertiary/aromatic N) is 1. The van der Waals surface area contributed by atoms with Crippen molar-refractivity contribution in [3.05, 3.63) is 35.9 Å². The van der Waals surface area contributed by atoms with Gasteiger partial charge in [0, 0.05) is 19.5 Å². The summed E-state index contributed by atoms with van der Waals surface area (Å²) in [4.78, 5) is 27.6. The number of piperidine rings is 3. The van der Waals surface area contributed by atoms with Crippen LogP contribution < -0.4 is 5.32 Å². The number of nitrogens with one attached hydrogen (secondary N) is 1. The van der Waals surface area contributed by atoms with E-state index in [2.05, 4.69) is 10.2 Å². The van der Waals surface area contributed by atoms with Crippen LogP contribution in [0.1, 0.15) is 37.7 Å². The summed E-state index contributed by atoms with van der Waals surface area (Å²) >= 11 is 0. The Labute approximate surface area is 148 Å². The Balaban J connectivity index is 1.59. The van der Waals surface area contributed by atoms with Crippen molar-refractivity contribution in [1.82, 2.24) is 10.2 Å². The summed E-state index contributed by atoms with van der Waals surface area (Å²) in [6.45, 7) is 3.43. The smallest absolute Gasteiger partial charge is 0.318 e. The van der Waals surface area contributed by atoms with Crippen LogP contribution in [0.4, 0.5) is 0 Å². The third-order valence-corrected chi connectivity index (χ3v) is 6.17. The molecular weight excluding hydrogens is 316 g/mol. The first kappa shape index (κ1) is 16.6. The van der Waals surface area contributed by atoms with Crippen LogP contribution in [0, 0.1) is 5.92 Å². The van der Waals surface area contributed by atoms with Gasteiger partial charge in [0.2, 0.25) is 5.91 Å². The molecular formula is C20H26N2O3. The molecule has 1 aromatic carbocycles. The number of rotatable bonds is 3. The summed E-state index contributed by atoms with van der Waals surface area (Å²) in [6, 6.07) is 9.81. The summed E-state index contributed by atoms with van der Waals surface area (Å²) in [5.74, 6) is 0.343. The molecule has 1 N–H and O–H groups in total. The van der Waals surface area contributed by atoms with Crippen molar-refractivity contribution in [2.75, 3.05) is 26.2 Å². The van der Waals surface area contributed by atoms with Crippen LogP contribution in [0.15, 0.2) is 30.3 Å². The Bertz CT molecular complexity index is 640. The van der Waals surface area contributed by atoms with E-state index in [1.165, 1.54) is 0 Å². The molecule has 1 amide bonds. The second-order valence-electron chi connectivity index (χ2n) is 7.66. The zero-order valence-corrected chi connectivity index (χ0v) is 14.6. The predicted octanol–water partition coefficient (Wildman–Crippen LogP) is 1.86. The molecule has 25 heavy (non-hydrogen) atoms. The van der Waals surface area contributed by atoms with Gasteiger partial charge in [-0.05, 0) is 50.3 Å². The van der Waals surface area contributed by atoms with Crippen LogP contribution in [-0.2, 0) is 19.7 Å². The molecule has 0 aliphatic carbocycles. The van der Waals surface area contributed by atoms with Crippen molar-refractivity contribution in [3.63, 3.8) is 0 Å². The Kier molecular flexibility index (Phi) is 4.50. The lowest BCUT2D eigenvalue weighted by atomic mass is 9.76. The number of fused-ring (bicyclic) bond motifs is 3. The van der Waals surface area contributed by atoms with E-state index in [0.717, 1.165) is 38.0 Å². The number of hydrogen-bond donors (Lipinski definition) is 1. The lowest BCUT2D eigenvalue weighted by molar-refractivity contribution is -0.166. The highest BCUT2D eigenvalue weighted by molar-refractivity contribution is 5.86. The maximum Gasteiger partial charge on any atom is 0.318 e. The van der Waals surface area contributed by atoms with Gasteiger partial charge in [0.1, 0.15) is 11.5 Å². The fraction of sp³-hybridized carbons (Fsp3) is 0.600. The van der Waals surface area contributed by atoms with Gasteiger partial charge in [-0.1, -0.05) is 30.3 Å². The number of amides is 1. The van der Waals surface area contributed by atoms with Crippen molar-refractivity contribution < 1.29 is 14.3 Å². The molecule has 5 heteroatoms. The number of carbonyl (C=O) groups is 2. The van der Waals surface area contributed by atoms with Crippen molar-refractivity contribution >= 4 is 11.9 Å². The minimum absolute atomic E-state index is 0.00505. The molecule has 2 atom stereocenters. The highest BCUT2D eigenvalue weighted by Gasteiger charge is 2.46. The molecule has 4 fully saturated rings. The molecule has 0 aromatic heterocycles. The van der Waals surface area contributed by atoms with E-state index >= 15 is 0 Å². The maximum atomic E-state index is 13.3. The number of carbonyl (C=O) groups excluding carboxylic acids is 2. The fourth-order valence-electron chi connectivity index (χ4n) is 4.57. The van der Waals surface area contributed by atoms with Gasteiger partial charge in [-0.25, -0.2) is 0 Å². The van der Waals surface area contributed by atoms with Crippen molar-refractivity contribution in [2.45, 2.75) is 43.6 Å². The monoisotopic (exact) mass is 342 g/mol. The molecule has 4 saturated heterocycles. The molecule has 1 aromatic rings. The topological polar surface area (TPSA) is 58.6 Å². The van der Waals surface area contributed by atoms with E-state index in [0.29, 0.717) is 31.7 Å².